The van der Waals surface area contributed by atoms with Gasteiger partial charge in [-0.15, -0.1) is 0 Å². The number of thiocarbonyl (C=S) groups is 1. The van der Waals surface area contributed by atoms with E-state index in [1.807, 2.05) is 0 Å². The number of benzene rings is 2. The van der Waals surface area contributed by atoms with E-state index in [-0.39, 0.29) is 5.11 Å². The van der Waals surface area contributed by atoms with Gasteiger partial charge >= 0.3 is 0 Å². The summed E-state index contributed by atoms with van der Waals surface area (Å²) in [6.45, 7) is 1.00. The van der Waals surface area contributed by atoms with Crippen LogP contribution in [0.25, 0.3) is 0 Å². The second-order valence-corrected chi connectivity index (χ2v) is 6.09. The molecule has 2 aromatic carbocycles. The number of anilines is 1. The Morgan fingerprint density at radius 3 is 2.21 bits per heavy atom. The van der Waals surface area contributed by atoms with Gasteiger partial charge in [0.2, 0.25) is 5.75 Å². The SMILES string of the molecule is COc1cc(C(=O)NC(=S)Nc2ccc3c(c2)OCCO3)cc(OC)c1OC. The van der Waals surface area contributed by atoms with Crippen LogP contribution in [0.2, 0.25) is 0 Å². The maximum atomic E-state index is 12.6. The normalized spacial score (nSPS) is 12.0. The van der Waals surface area contributed by atoms with Gasteiger partial charge in [-0.25, -0.2) is 0 Å². The molecule has 3 rings (SSSR count). The van der Waals surface area contributed by atoms with Gasteiger partial charge in [0.15, 0.2) is 28.1 Å². The van der Waals surface area contributed by atoms with E-state index in [0.29, 0.717) is 53.2 Å². The van der Waals surface area contributed by atoms with Crippen molar-refractivity contribution in [2.45, 2.75) is 0 Å². The highest BCUT2D eigenvalue weighted by molar-refractivity contribution is 7.80. The van der Waals surface area contributed by atoms with Crippen LogP contribution in [0.4, 0.5) is 5.69 Å². The Hall–Kier alpha value is -3.20. The summed E-state index contributed by atoms with van der Waals surface area (Å²) in [6.07, 6.45) is 0. The molecule has 0 radical (unpaired) electrons. The molecule has 2 aromatic rings. The Bertz CT molecular complexity index is 877. The fourth-order valence-corrected chi connectivity index (χ4v) is 2.88. The Kier molecular flexibility index (Phi) is 6.05. The molecule has 148 valence electrons. The lowest BCUT2D eigenvalue weighted by Crippen LogP contribution is -2.34. The predicted octanol–water partition coefficient (Wildman–Crippen LogP) is 2.61. The first kappa shape index (κ1) is 19.6. The maximum Gasteiger partial charge on any atom is 0.257 e. The molecule has 1 amide bonds. The fraction of sp³-hybridized carbons (Fsp3) is 0.263. The standard InChI is InChI=1S/C19H20N2O6S/c1-23-15-8-11(9-16(24-2)17(15)25-3)18(22)21-19(28)20-12-4-5-13-14(10-12)27-7-6-26-13/h4-5,8-10H,6-7H2,1-3H3,(H2,20,21,22,28). The number of carbonyl (C=O) groups is 1. The van der Waals surface area contributed by atoms with Gasteiger partial charge in [0.25, 0.3) is 5.91 Å². The molecule has 0 fully saturated rings. The summed E-state index contributed by atoms with van der Waals surface area (Å²) < 4.78 is 26.8. The third-order valence-corrected chi connectivity index (χ3v) is 4.16. The third-order valence-electron chi connectivity index (χ3n) is 3.95. The van der Waals surface area contributed by atoms with E-state index in [2.05, 4.69) is 10.6 Å². The molecule has 0 atom stereocenters. The Morgan fingerprint density at radius 1 is 0.964 bits per heavy atom. The zero-order valence-electron chi connectivity index (χ0n) is 15.7. The number of rotatable bonds is 5. The number of hydrogen-bond donors (Lipinski definition) is 2. The molecule has 8 nitrogen and oxygen atoms in total. The van der Waals surface area contributed by atoms with E-state index < -0.39 is 5.91 Å². The maximum absolute atomic E-state index is 12.6. The molecule has 0 saturated heterocycles. The summed E-state index contributed by atoms with van der Waals surface area (Å²) in [7, 11) is 4.45. The topological polar surface area (TPSA) is 87.3 Å². The van der Waals surface area contributed by atoms with Crippen molar-refractivity contribution < 1.29 is 28.5 Å². The first-order chi connectivity index (χ1) is 13.5. The summed E-state index contributed by atoms with van der Waals surface area (Å²) in [4.78, 5) is 12.6. The van der Waals surface area contributed by atoms with Crippen LogP contribution in [0.1, 0.15) is 10.4 Å². The molecule has 0 bridgehead atoms. The summed E-state index contributed by atoms with van der Waals surface area (Å²) in [5, 5.41) is 5.71. The minimum atomic E-state index is -0.422. The monoisotopic (exact) mass is 404 g/mol. The molecule has 0 aromatic heterocycles. The largest absolute Gasteiger partial charge is 0.493 e. The molecular weight excluding hydrogens is 384 g/mol. The highest BCUT2D eigenvalue weighted by atomic mass is 32.1. The lowest BCUT2D eigenvalue weighted by Gasteiger charge is -2.19. The number of fused-ring (bicyclic) bond motifs is 1. The van der Waals surface area contributed by atoms with Crippen molar-refractivity contribution in [1.29, 1.82) is 0 Å². The second kappa shape index (κ2) is 8.66. The van der Waals surface area contributed by atoms with Crippen LogP contribution in [0, 0.1) is 0 Å². The average Bonchev–Trinajstić information content (AvgIpc) is 2.72. The van der Waals surface area contributed by atoms with E-state index >= 15 is 0 Å². The predicted molar refractivity (Wildman–Crippen MR) is 107 cm³/mol. The molecule has 1 aliphatic heterocycles. The lowest BCUT2D eigenvalue weighted by atomic mass is 10.1. The summed E-state index contributed by atoms with van der Waals surface area (Å²) in [5.41, 5.74) is 0.972. The second-order valence-electron chi connectivity index (χ2n) is 5.68. The van der Waals surface area contributed by atoms with Crippen molar-refractivity contribution in [2.24, 2.45) is 0 Å². The molecule has 0 spiro atoms. The van der Waals surface area contributed by atoms with Gasteiger partial charge in [0.05, 0.1) is 21.3 Å². The van der Waals surface area contributed by atoms with Gasteiger partial charge in [0, 0.05) is 17.3 Å². The molecule has 1 aliphatic rings. The van der Waals surface area contributed by atoms with Gasteiger partial charge in [-0.1, -0.05) is 0 Å². The van der Waals surface area contributed by atoms with Crippen molar-refractivity contribution in [2.75, 3.05) is 39.9 Å². The Labute approximate surface area is 167 Å². The van der Waals surface area contributed by atoms with Crippen LogP contribution >= 0.6 is 12.2 Å². The number of amides is 1. The third kappa shape index (κ3) is 4.20. The van der Waals surface area contributed by atoms with Crippen LogP contribution in [0.5, 0.6) is 28.7 Å². The van der Waals surface area contributed by atoms with Crippen molar-refractivity contribution in [1.82, 2.24) is 5.32 Å². The quantitative estimate of drug-likeness (QED) is 0.736. The van der Waals surface area contributed by atoms with Crippen molar-refractivity contribution in [3.63, 3.8) is 0 Å². The molecule has 28 heavy (non-hydrogen) atoms. The fourth-order valence-electron chi connectivity index (χ4n) is 2.67. The number of nitrogens with one attached hydrogen (secondary N) is 2. The highest BCUT2D eigenvalue weighted by Gasteiger charge is 2.18. The molecule has 2 N–H and O–H groups in total. The van der Waals surface area contributed by atoms with E-state index in [9.17, 15) is 4.79 Å². The van der Waals surface area contributed by atoms with E-state index in [4.69, 9.17) is 35.9 Å². The molecule has 1 heterocycles. The average molecular weight is 404 g/mol. The number of hydrogen-bond acceptors (Lipinski definition) is 7. The van der Waals surface area contributed by atoms with Gasteiger partial charge in [-0.3, -0.25) is 10.1 Å². The molecule has 0 saturated carbocycles. The van der Waals surface area contributed by atoms with Crippen LogP contribution in [-0.4, -0.2) is 45.6 Å². The zero-order chi connectivity index (χ0) is 20.1. The first-order valence-electron chi connectivity index (χ1n) is 8.37. The number of methoxy groups -OCH3 is 3. The van der Waals surface area contributed by atoms with Crippen molar-refractivity contribution in [3.05, 3.63) is 35.9 Å². The summed E-state index contributed by atoms with van der Waals surface area (Å²) in [5.74, 6) is 2.02. The van der Waals surface area contributed by atoms with Gasteiger partial charge in [-0.2, -0.15) is 0 Å². The van der Waals surface area contributed by atoms with Crippen LogP contribution < -0.4 is 34.3 Å². The van der Waals surface area contributed by atoms with Crippen LogP contribution in [0.3, 0.4) is 0 Å². The minimum Gasteiger partial charge on any atom is -0.493 e. The zero-order valence-corrected chi connectivity index (χ0v) is 16.5. The Balaban J connectivity index is 1.71. The molecule has 0 unspecified atom stereocenters. The molecule has 0 aliphatic carbocycles. The number of ether oxygens (including phenoxy) is 5. The van der Waals surface area contributed by atoms with E-state index in [0.717, 1.165) is 0 Å². The van der Waals surface area contributed by atoms with Gasteiger partial charge in [-0.05, 0) is 36.5 Å². The minimum absolute atomic E-state index is 0.135. The summed E-state index contributed by atoms with van der Waals surface area (Å²) >= 11 is 5.24. The highest BCUT2D eigenvalue weighted by Crippen LogP contribution is 2.38. The van der Waals surface area contributed by atoms with Crippen LogP contribution in [0.15, 0.2) is 30.3 Å². The lowest BCUT2D eigenvalue weighted by molar-refractivity contribution is 0.0977. The number of carbonyl (C=O) groups excluding carboxylic acids is 1. The van der Waals surface area contributed by atoms with Crippen LogP contribution in [-0.2, 0) is 0 Å². The molecule has 9 heteroatoms. The first-order valence-corrected chi connectivity index (χ1v) is 8.78. The van der Waals surface area contributed by atoms with Crippen molar-refractivity contribution in [3.8, 4) is 28.7 Å². The Morgan fingerprint density at radius 2 is 1.61 bits per heavy atom. The molecular formula is C19H20N2O6S. The van der Waals surface area contributed by atoms with E-state index in [1.165, 1.54) is 21.3 Å². The van der Waals surface area contributed by atoms with Gasteiger partial charge in [0.1, 0.15) is 13.2 Å². The summed E-state index contributed by atoms with van der Waals surface area (Å²) in [6, 6.07) is 8.41. The van der Waals surface area contributed by atoms with Crippen molar-refractivity contribution >= 4 is 28.9 Å². The van der Waals surface area contributed by atoms with Gasteiger partial charge < -0.3 is 29.0 Å². The smallest absolute Gasteiger partial charge is 0.257 e. The van der Waals surface area contributed by atoms with E-state index in [1.54, 1.807) is 30.3 Å².